The van der Waals surface area contributed by atoms with Crippen LogP contribution in [-0.2, 0) is 0 Å². The molecule has 0 saturated carbocycles. The average Bonchev–Trinajstić information content (AvgIpc) is 2.70. The van der Waals surface area contributed by atoms with Crippen LogP contribution in [0.4, 0.5) is 5.69 Å². The van der Waals surface area contributed by atoms with Gasteiger partial charge in [-0.3, -0.25) is 9.78 Å². The van der Waals surface area contributed by atoms with Gasteiger partial charge in [0.2, 0.25) is 0 Å². The summed E-state index contributed by atoms with van der Waals surface area (Å²) in [5, 5.41) is 11.9. The van der Waals surface area contributed by atoms with Crippen molar-refractivity contribution in [2.24, 2.45) is 0 Å². The lowest BCUT2D eigenvalue weighted by Crippen LogP contribution is -2.15. The van der Waals surface area contributed by atoms with Crippen molar-refractivity contribution < 1.29 is 9.53 Å². The lowest BCUT2D eigenvalue weighted by Gasteiger charge is -2.13. The minimum absolute atomic E-state index is 0.296. The van der Waals surface area contributed by atoms with Gasteiger partial charge in [0.15, 0.2) is 0 Å². The second kappa shape index (κ2) is 8.15. The molecule has 0 aliphatic heterocycles. The number of aryl methyl sites for hydroxylation is 1. The van der Waals surface area contributed by atoms with E-state index in [-0.39, 0.29) is 5.91 Å². The summed E-state index contributed by atoms with van der Waals surface area (Å²) in [7, 11) is 0. The van der Waals surface area contributed by atoms with Crippen LogP contribution in [0.5, 0.6) is 5.75 Å². The zero-order valence-corrected chi connectivity index (χ0v) is 15.2. The number of amides is 1. The predicted octanol–water partition coefficient (Wildman–Crippen LogP) is 4.58. The van der Waals surface area contributed by atoms with E-state index in [2.05, 4.69) is 16.4 Å². The molecule has 134 valence electrons. The molecule has 0 saturated heterocycles. The molecular weight excluding hydrogens is 338 g/mol. The summed E-state index contributed by atoms with van der Waals surface area (Å²) in [6.45, 7) is 4.12. The van der Waals surface area contributed by atoms with E-state index in [1.807, 2.05) is 43.3 Å². The highest BCUT2D eigenvalue weighted by Crippen LogP contribution is 2.27. The Morgan fingerprint density at radius 2 is 1.93 bits per heavy atom. The first-order valence-corrected chi connectivity index (χ1v) is 8.63. The molecular formula is C22H19N3O2. The van der Waals surface area contributed by atoms with Crippen LogP contribution >= 0.6 is 0 Å². The van der Waals surface area contributed by atoms with E-state index in [1.54, 1.807) is 31.2 Å². The lowest BCUT2D eigenvalue weighted by atomic mass is 10.1. The smallest absolute Gasteiger partial charge is 0.257 e. The maximum Gasteiger partial charge on any atom is 0.257 e. The number of pyridine rings is 1. The summed E-state index contributed by atoms with van der Waals surface area (Å²) in [6.07, 6.45) is 0. The maximum atomic E-state index is 12.7. The highest BCUT2D eigenvalue weighted by Gasteiger charge is 2.14. The topological polar surface area (TPSA) is 75.0 Å². The number of nitrogens with zero attached hydrogens (tertiary/aromatic N) is 2. The van der Waals surface area contributed by atoms with Gasteiger partial charge in [-0.25, -0.2) is 0 Å². The Morgan fingerprint density at radius 1 is 1.15 bits per heavy atom. The second-order valence-electron chi connectivity index (χ2n) is 5.91. The van der Waals surface area contributed by atoms with E-state index < -0.39 is 0 Å². The molecule has 0 radical (unpaired) electrons. The monoisotopic (exact) mass is 357 g/mol. The van der Waals surface area contributed by atoms with Crippen molar-refractivity contribution in [1.82, 2.24) is 4.98 Å². The molecule has 1 aromatic heterocycles. The van der Waals surface area contributed by atoms with E-state index in [1.165, 1.54) is 0 Å². The number of hydrogen-bond donors (Lipinski definition) is 1. The third-order valence-corrected chi connectivity index (χ3v) is 4.06. The summed E-state index contributed by atoms with van der Waals surface area (Å²) in [6, 6.07) is 20.4. The van der Waals surface area contributed by atoms with Crippen molar-refractivity contribution in [3.05, 3.63) is 77.5 Å². The Morgan fingerprint density at radius 3 is 2.59 bits per heavy atom. The quantitative estimate of drug-likeness (QED) is 0.725. The molecule has 5 nitrogen and oxygen atoms in total. The second-order valence-corrected chi connectivity index (χ2v) is 5.91. The Balaban J connectivity index is 1.88. The summed E-state index contributed by atoms with van der Waals surface area (Å²) >= 11 is 0. The van der Waals surface area contributed by atoms with Crippen LogP contribution in [0.3, 0.4) is 0 Å². The van der Waals surface area contributed by atoms with Gasteiger partial charge in [-0.05, 0) is 44.2 Å². The highest BCUT2D eigenvalue weighted by atomic mass is 16.5. The minimum atomic E-state index is -0.296. The molecule has 3 aromatic rings. The molecule has 0 fully saturated rings. The molecule has 1 heterocycles. The molecule has 0 aliphatic rings. The van der Waals surface area contributed by atoms with Crippen LogP contribution < -0.4 is 10.1 Å². The molecule has 1 amide bonds. The Labute approximate surface area is 158 Å². The molecule has 0 atom stereocenters. The molecule has 0 aliphatic carbocycles. The standard InChI is InChI=1S/C22H19N3O2/c1-3-27-21-12-9-16(14-23)13-20(21)25-22(26)18-10-11-19(24-15(18)2)17-7-5-4-6-8-17/h4-13H,3H2,1-2H3,(H,25,26). The molecule has 0 unspecified atom stereocenters. The Kier molecular flexibility index (Phi) is 5.48. The molecule has 2 aromatic carbocycles. The first kappa shape index (κ1) is 18.2. The molecule has 0 bridgehead atoms. The summed E-state index contributed by atoms with van der Waals surface area (Å²) in [5.74, 6) is 0.229. The number of carbonyl (C=O) groups is 1. The number of nitrogens with one attached hydrogen (secondary N) is 1. The van der Waals surface area contributed by atoms with Crippen LogP contribution in [0.15, 0.2) is 60.7 Å². The van der Waals surface area contributed by atoms with Crippen molar-refractivity contribution in [3.63, 3.8) is 0 Å². The van der Waals surface area contributed by atoms with Crippen LogP contribution in [0, 0.1) is 18.3 Å². The number of hydrogen-bond acceptors (Lipinski definition) is 4. The van der Waals surface area contributed by atoms with Crippen LogP contribution in [-0.4, -0.2) is 17.5 Å². The number of nitriles is 1. The summed E-state index contributed by atoms with van der Waals surface area (Å²) in [5.41, 5.74) is 3.82. The Hall–Kier alpha value is -3.65. The SMILES string of the molecule is CCOc1ccc(C#N)cc1NC(=O)c1ccc(-c2ccccc2)nc1C. The van der Waals surface area contributed by atoms with Crippen molar-refractivity contribution >= 4 is 11.6 Å². The van der Waals surface area contributed by atoms with Gasteiger partial charge in [-0.2, -0.15) is 5.26 Å². The number of rotatable bonds is 5. The molecule has 0 spiro atoms. The number of carbonyl (C=O) groups excluding carboxylic acids is 1. The fourth-order valence-electron chi connectivity index (χ4n) is 2.74. The van der Waals surface area contributed by atoms with Crippen molar-refractivity contribution in [3.8, 4) is 23.1 Å². The van der Waals surface area contributed by atoms with E-state index in [0.29, 0.717) is 34.9 Å². The van der Waals surface area contributed by atoms with E-state index in [0.717, 1.165) is 11.3 Å². The number of benzene rings is 2. The molecule has 3 rings (SSSR count). The average molecular weight is 357 g/mol. The summed E-state index contributed by atoms with van der Waals surface area (Å²) < 4.78 is 5.54. The van der Waals surface area contributed by atoms with Crippen LogP contribution in [0.1, 0.15) is 28.5 Å². The number of ether oxygens (including phenoxy) is 1. The zero-order valence-electron chi connectivity index (χ0n) is 15.2. The fraction of sp³-hybridized carbons (Fsp3) is 0.136. The van der Waals surface area contributed by atoms with Crippen LogP contribution in [0.25, 0.3) is 11.3 Å². The van der Waals surface area contributed by atoms with Gasteiger partial charge >= 0.3 is 0 Å². The Bertz CT molecular complexity index is 1010. The van der Waals surface area contributed by atoms with E-state index in [9.17, 15) is 4.79 Å². The third-order valence-electron chi connectivity index (χ3n) is 4.06. The van der Waals surface area contributed by atoms with Gasteiger partial charge in [0.25, 0.3) is 5.91 Å². The highest BCUT2D eigenvalue weighted by molar-refractivity contribution is 6.06. The van der Waals surface area contributed by atoms with Gasteiger partial charge < -0.3 is 10.1 Å². The van der Waals surface area contributed by atoms with E-state index in [4.69, 9.17) is 10.00 Å². The molecule has 27 heavy (non-hydrogen) atoms. The number of anilines is 1. The zero-order chi connectivity index (χ0) is 19.2. The van der Waals surface area contributed by atoms with Gasteiger partial charge in [0, 0.05) is 5.56 Å². The van der Waals surface area contributed by atoms with Crippen molar-refractivity contribution in [2.75, 3.05) is 11.9 Å². The van der Waals surface area contributed by atoms with Gasteiger partial charge in [-0.1, -0.05) is 30.3 Å². The number of aromatic nitrogens is 1. The lowest BCUT2D eigenvalue weighted by molar-refractivity contribution is 0.102. The van der Waals surface area contributed by atoms with Gasteiger partial charge in [0.1, 0.15) is 5.75 Å². The third kappa shape index (κ3) is 4.13. The van der Waals surface area contributed by atoms with Crippen molar-refractivity contribution in [1.29, 1.82) is 5.26 Å². The van der Waals surface area contributed by atoms with Gasteiger partial charge in [0.05, 0.1) is 40.9 Å². The summed E-state index contributed by atoms with van der Waals surface area (Å²) in [4.78, 5) is 17.3. The van der Waals surface area contributed by atoms with Gasteiger partial charge in [-0.15, -0.1) is 0 Å². The van der Waals surface area contributed by atoms with Crippen LogP contribution in [0.2, 0.25) is 0 Å². The molecule has 1 N–H and O–H groups in total. The maximum absolute atomic E-state index is 12.7. The normalized spacial score (nSPS) is 10.1. The predicted molar refractivity (Wildman–Crippen MR) is 105 cm³/mol. The van der Waals surface area contributed by atoms with E-state index >= 15 is 0 Å². The molecule has 5 heteroatoms. The first-order chi connectivity index (χ1) is 13.1. The van der Waals surface area contributed by atoms with Crippen molar-refractivity contribution in [2.45, 2.75) is 13.8 Å². The minimum Gasteiger partial charge on any atom is -0.492 e. The fourth-order valence-corrected chi connectivity index (χ4v) is 2.74. The first-order valence-electron chi connectivity index (χ1n) is 8.63. The largest absolute Gasteiger partial charge is 0.492 e.